The van der Waals surface area contributed by atoms with E-state index in [4.69, 9.17) is 0 Å². The van der Waals surface area contributed by atoms with Gasteiger partial charge in [0.2, 0.25) is 0 Å². The van der Waals surface area contributed by atoms with Crippen molar-refractivity contribution in [3.8, 4) is 0 Å². The number of likely N-dealkylation sites (N-methyl/N-ethyl adjacent to an activating group) is 1. The van der Waals surface area contributed by atoms with Crippen LogP contribution in [-0.2, 0) is 4.74 Å². The van der Waals surface area contributed by atoms with Crippen molar-refractivity contribution in [3.05, 3.63) is 0 Å². The lowest BCUT2D eigenvalue weighted by atomic mass is 9.98. The van der Waals surface area contributed by atoms with Crippen molar-refractivity contribution in [2.24, 2.45) is 5.92 Å². The Labute approximate surface area is 98.3 Å². The molecule has 0 spiro atoms. The number of ether oxygens (including phenoxy) is 1. The van der Waals surface area contributed by atoms with Crippen LogP contribution in [-0.4, -0.2) is 48.6 Å². The second-order valence-electron chi connectivity index (χ2n) is 4.26. The minimum atomic E-state index is -4.76. The Morgan fingerprint density at radius 2 is 1.88 bits per heavy atom. The number of rotatable bonds is 4. The van der Waals surface area contributed by atoms with E-state index in [9.17, 15) is 23.1 Å². The summed E-state index contributed by atoms with van der Waals surface area (Å²) in [6.07, 6.45) is -8.21. The van der Waals surface area contributed by atoms with E-state index < -0.39 is 24.4 Å². The molecule has 0 aliphatic carbocycles. The van der Waals surface area contributed by atoms with Crippen LogP contribution in [0.3, 0.4) is 0 Å². The summed E-state index contributed by atoms with van der Waals surface area (Å²) in [7, 11) is 2.25. The molecule has 0 saturated carbocycles. The van der Waals surface area contributed by atoms with E-state index in [1.807, 2.05) is 0 Å². The van der Waals surface area contributed by atoms with Crippen LogP contribution in [0.4, 0.5) is 18.0 Å². The fraction of sp³-hybridized carbons (Fsp3) is 0.900. The molecule has 17 heavy (non-hydrogen) atoms. The first kappa shape index (κ1) is 16.0. The van der Waals surface area contributed by atoms with Crippen LogP contribution in [0.15, 0.2) is 0 Å². The number of hydrogen-bond acceptors (Lipinski definition) is 3. The van der Waals surface area contributed by atoms with Crippen LogP contribution in [0.5, 0.6) is 0 Å². The van der Waals surface area contributed by atoms with Crippen LogP contribution in [0.1, 0.15) is 20.3 Å². The first-order chi connectivity index (χ1) is 7.61. The SMILES string of the molecule is COC(=O)N(C)[C@@H](CC(C)C)[C@@H](O)C(F)(F)F. The Kier molecular flexibility index (Phi) is 5.74. The molecule has 2 atom stereocenters. The molecular weight excluding hydrogens is 239 g/mol. The number of carbonyl (C=O) groups excluding carboxylic acids is 1. The van der Waals surface area contributed by atoms with Crippen molar-refractivity contribution >= 4 is 6.09 Å². The van der Waals surface area contributed by atoms with E-state index in [-0.39, 0.29) is 12.3 Å². The lowest BCUT2D eigenvalue weighted by Gasteiger charge is -2.32. The van der Waals surface area contributed by atoms with Crippen molar-refractivity contribution in [2.45, 2.75) is 38.6 Å². The van der Waals surface area contributed by atoms with Crippen LogP contribution in [0.25, 0.3) is 0 Å². The zero-order valence-electron chi connectivity index (χ0n) is 10.3. The Bertz CT molecular complexity index is 256. The first-order valence-corrected chi connectivity index (χ1v) is 5.16. The number of hydrogen-bond donors (Lipinski definition) is 1. The Hall–Kier alpha value is -0.980. The largest absolute Gasteiger partial charge is 0.453 e. The van der Waals surface area contributed by atoms with Gasteiger partial charge in [0.15, 0.2) is 6.10 Å². The van der Waals surface area contributed by atoms with Gasteiger partial charge in [0.1, 0.15) is 0 Å². The number of alkyl halides is 3. The van der Waals surface area contributed by atoms with E-state index in [1.165, 1.54) is 7.05 Å². The zero-order valence-corrected chi connectivity index (χ0v) is 10.3. The predicted octanol–water partition coefficient (Wildman–Crippen LogP) is 2.02. The summed E-state index contributed by atoms with van der Waals surface area (Å²) >= 11 is 0. The minimum absolute atomic E-state index is 0.0340. The first-order valence-electron chi connectivity index (χ1n) is 5.16. The van der Waals surface area contributed by atoms with Crippen LogP contribution in [0.2, 0.25) is 0 Å². The monoisotopic (exact) mass is 257 g/mol. The smallest absolute Gasteiger partial charge is 0.416 e. The average molecular weight is 257 g/mol. The molecular formula is C10H18F3NO3. The van der Waals surface area contributed by atoms with Gasteiger partial charge in [-0.2, -0.15) is 13.2 Å². The summed E-state index contributed by atoms with van der Waals surface area (Å²) in [6, 6.07) is -1.34. The quantitative estimate of drug-likeness (QED) is 0.838. The summed E-state index contributed by atoms with van der Waals surface area (Å²) in [5, 5.41) is 9.23. The van der Waals surface area contributed by atoms with E-state index >= 15 is 0 Å². The molecule has 0 aliphatic rings. The number of amides is 1. The number of carbonyl (C=O) groups is 1. The van der Waals surface area contributed by atoms with Gasteiger partial charge in [-0.25, -0.2) is 4.79 Å². The number of methoxy groups -OCH3 is 1. The summed E-state index contributed by atoms with van der Waals surface area (Å²) in [4.78, 5) is 12.0. The highest BCUT2D eigenvalue weighted by Gasteiger charge is 2.46. The van der Waals surface area contributed by atoms with Crippen LogP contribution >= 0.6 is 0 Å². The van der Waals surface area contributed by atoms with Gasteiger partial charge in [0, 0.05) is 7.05 Å². The van der Waals surface area contributed by atoms with Crippen molar-refractivity contribution in [2.75, 3.05) is 14.2 Å². The molecule has 0 unspecified atom stereocenters. The number of aliphatic hydroxyl groups excluding tert-OH is 1. The van der Waals surface area contributed by atoms with Crippen molar-refractivity contribution in [1.82, 2.24) is 4.90 Å². The molecule has 1 amide bonds. The van der Waals surface area contributed by atoms with E-state index in [0.717, 1.165) is 12.0 Å². The maximum Gasteiger partial charge on any atom is 0.416 e. The summed E-state index contributed by atoms with van der Waals surface area (Å²) in [6.45, 7) is 3.42. The van der Waals surface area contributed by atoms with Gasteiger partial charge < -0.3 is 14.7 Å². The number of nitrogens with zero attached hydrogens (tertiary/aromatic N) is 1. The van der Waals surface area contributed by atoms with Gasteiger partial charge >= 0.3 is 12.3 Å². The third kappa shape index (κ3) is 4.80. The summed E-state index contributed by atoms with van der Waals surface area (Å²) < 4.78 is 41.7. The minimum Gasteiger partial charge on any atom is -0.453 e. The molecule has 0 bridgehead atoms. The standard InChI is InChI=1S/C10H18F3NO3/c1-6(2)5-7(8(15)10(11,12)13)14(3)9(16)17-4/h6-8,15H,5H2,1-4H3/t7-,8+/m0/s1. The molecule has 102 valence electrons. The highest BCUT2D eigenvalue weighted by atomic mass is 19.4. The van der Waals surface area contributed by atoms with Gasteiger partial charge in [-0.1, -0.05) is 13.8 Å². The van der Waals surface area contributed by atoms with Crippen LogP contribution in [0, 0.1) is 5.92 Å². The Morgan fingerprint density at radius 1 is 1.41 bits per heavy atom. The highest BCUT2D eigenvalue weighted by Crippen LogP contribution is 2.27. The molecule has 4 nitrogen and oxygen atoms in total. The molecule has 7 heteroatoms. The molecule has 0 heterocycles. The topological polar surface area (TPSA) is 49.8 Å². The van der Waals surface area contributed by atoms with E-state index in [2.05, 4.69) is 4.74 Å². The molecule has 0 aromatic carbocycles. The Balaban J connectivity index is 4.93. The molecule has 0 fully saturated rings. The fourth-order valence-electron chi connectivity index (χ4n) is 1.48. The number of aliphatic hydroxyl groups is 1. The van der Waals surface area contributed by atoms with Gasteiger partial charge in [-0.15, -0.1) is 0 Å². The molecule has 0 rings (SSSR count). The molecule has 0 radical (unpaired) electrons. The van der Waals surface area contributed by atoms with Crippen molar-refractivity contribution < 1.29 is 27.8 Å². The average Bonchev–Trinajstić information content (AvgIpc) is 2.21. The molecule has 0 aromatic rings. The predicted molar refractivity (Wildman–Crippen MR) is 55.5 cm³/mol. The summed E-state index contributed by atoms with van der Waals surface area (Å²) in [5.41, 5.74) is 0. The van der Waals surface area contributed by atoms with Crippen molar-refractivity contribution in [1.29, 1.82) is 0 Å². The normalized spacial score (nSPS) is 15.6. The van der Waals surface area contributed by atoms with Gasteiger partial charge in [-0.05, 0) is 12.3 Å². The van der Waals surface area contributed by atoms with Gasteiger partial charge in [-0.3, -0.25) is 0 Å². The lowest BCUT2D eigenvalue weighted by molar-refractivity contribution is -0.220. The van der Waals surface area contributed by atoms with Gasteiger partial charge in [0.25, 0.3) is 0 Å². The van der Waals surface area contributed by atoms with Gasteiger partial charge in [0.05, 0.1) is 13.2 Å². The Morgan fingerprint density at radius 3 is 2.18 bits per heavy atom. The van der Waals surface area contributed by atoms with Crippen molar-refractivity contribution in [3.63, 3.8) is 0 Å². The van der Waals surface area contributed by atoms with E-state index in [0.29, 0.717) is 0 Å². The lowest BCUT2D eigenvalue weighted by Crippen LogP contribution is -2.51. The highest BCUT2D eigenvalue weighted by molar-refractivity contribution is 5.67. The number of halogens is 3. The third-order valence-corrected chi connectivity index (χ3v) is 2.37. The molecule has 0 aromatic heterocycles. The maximum atomic E-state index is 12.4. The fourth-order valence-corrected chi connectivity index (χ4v) is 1.48. The van der Waals surface area contributed by atoms with E-state index in [1.54, 1.807) is 13.8 Å². The molecule has 1 N–H and O–H groups in total. The third-order valence-electron chi connectivity index (χ3n) is 2.37. The second kappa shape index (κ2) is 6.09. The molecule has 0 aliphatic heterocycles. The second-order valence-corrected chi connectivity index (χ2v) is 4.26. The zero-order chi connectivity index (χ0) is 13.8. The maximum absolute atomic E-state index is 12.4. The summed E-state index contributed by atoms with van der Waals surface area (Å²) in [5.74, 6) is -0.0934. The molecule has 0 saturated heterocycles. The van der Waals surface area contributed by atoms with Crippen LogP contribution < -0.4 is 0 Å².